The van der Waals surface area contributed by atoms with E-state index < -0.39 is 0 Å². The molecule has 0 bridgehead atoms. The second kappa shape index (κ2) is 7.65. The van der Waals surface area contributed by atoms with Gasteiger partial charge >= 0.3 is 0 Å². The number of hydrogen-bond acceptors (Lipinski definition) is 5. The Morgan fingerprint density at radius 2 is 2.15 bits per heavy atom. The van der Waals surface area contributed by atoms with Crippen molar-refractivity contribution in [3.8, 4) is 0 Å². The van der Waals surface area contributed by atoms with E-state index in [0.29, 0.717) is 35.8 Å². The molecule has 1 aromatic carbocycles. The fourth-order valence-electron chi connectivity index (χ4n) is 3.10. The molecule has 0 aliphatic carbocycles. The molecule has 3 amide bonds. The summed E-state index contributed by atoms with van der Waals surface area (Å²) in [6.45, 7) is 3.12. The first kappa shape index (κ1) is 18.1. The number of aromatic nitrogens is 1. The Morgan fingerprint density at radius 3 is 2.81 bits per heavy atom. The molecule has 0 radical (unpaired) electrons. The lowest BCUT2D eigenvalue weighted by molar-refractivity contribution is -0.120. The van der Waals surface area contributed by atoms with Crippen molar-refractivity contribution in [1.29, 1.82) is 0 Å². The van der Waals surface area contributed by atoms with E-state index in [1.165, 1.54) is 11.3 Å². The van der Waals surface area contributed by atoms with Gasteiger partial charge in [0.1, 0.15) is 4.88 Å². The molecule has 7 nitrogen and oxygen atoms in total. The van der Waals surface area contributed by atoms with Gasteiger partial charge in [-0.05, 0) is 24.6 Å². The van der Waals surface area contributed by atoms with Crippen LogP contribution in [0, 0.1) is 6.92 Å². The smallest absolute Gasteiger partial charge is 0.266 e. The third-order valence-corrected chi connectivity index (χ3v) is 5.44. The zero-order valence-corrected chi connectivity index (χ0v) is 15.5. The quantitative estimate of drug-likeness (QED) is 0.824. The first-order valence-electron chi connectivity index (χ1n) is 8.27. The van der Waals surface area contributed by atoms with E-state index in [9.17, 15) is 14.4 Å². The van der Waals surface area contributed by atoms with Crippen molar-refractivity contribution in [2.24, 2.45) is 0 Å². The van der Waals surface area contributed by atoms with Gasteiger partial charge in [0.2, 0.25) is 6.41 Å². The minimum absolute atomic E-state index is 0.0918. The number of rotatable bonds is 4. The average molecular weight is 372 g/mol. The molecule has 1 fully saturated rings. The van der Waals surface area contributed by atoms with Crippen molar-refractivity contribution in [2.75, 3.05) is 26.7 Å². The normalized spacial score (nSPS) is 17.1. The number of nitrogens with zero attached hydrogens (tertiary/aromatic N) is 3. The van der Waals surface area contributed by atoms with Crippen molar-refractivity contribution in [3.63, 3.8) is 0 Å². The molecule has 2 aromatic rings. The standard InChI is InChI=1S/C18H20N4O3S/c1-12-16(26-10-20-12)18(25)22-7-6-21(11-23)9-15(22)13-4-3-5-14(8-13)17(24)19-2/h3-5,8,10-11,15H,6-7,9H2,1-2H3,(H,19,24). The SMILES string of the molecule is CNC(=O)c1cccc(C2CN(C=O)CCN2C(=O)c2scnc2C)c1. The van der Waals surface area contributed by atoms with Crippen LogP contribution < -0.4 is 5.32 Å². The molecule has 0 spiro atoms. The number of carbonyl (C=O) groups excluding carboxylic acids is 3. The van der Waals surface area contributed by atoms with E-state index in [1.54, 1.807) is 40.6 Å². The van der Waals surface area contributed by atoms with Gasteiger partial charge in [0.15, 0.2) is 0 Å². The predicted octanol–water partition coefficient (Wildman–Crippen LogP) is 1.47. The number of benzene rings is 1. The van der Waals surface area contributed by atoms with Crippen LogP contribution in [0.5, 0.6) is 0 Å². The van der Waals surface area contributed by atoms with Gasteiger partial charge in [0.25, 0.3) is 11.8 Å². The summed E-state index contributed by atoms with van der Waals surface area (Å²) < 4.78 is 0. The third kappa shape index (κ3) is 3.45. The van der Waals surface area contributed by atoms with Crippen LogP contribution in [0.15, 0.2) is 29.8 Å². The number of thiazole rings is 1. The summed E-state index contributed by atoms with van der Waals surface area (Å²) in [6.07, 6.45) is 0.801. The maximum absolute atomic E-state index is 13.0. The zero-order chi connectivity index (χ0) is 18.7. The summed E-state index contributed by atoms with van der Waals surface area (Å²) >= 11 is 1.32. The lowest BCUT2D eigenvalue weighted by atomic mass is 9.99. The Morgan fingerprint density at radius 1 is 1.35 bits per heavy atom. The van der Waals surface area contributed by atoms with Gasteiger partial charge in [0, 0.05) is 32.2 Å². The van der Waals surface area contributed by atoms with Gasteiger partial charge in [0.05, 0.1) is 17.2 Å². The van der Waals surface area contributed by atoms with Crippen molar-refractivity contribution in [1.82, 2.24) is 20.1 Å². The van der Waals surface area contributed by atoms with E-state index in [1.807, 2.05) is 13.0 Å². The van der Waals surface area contributed by atoms with E-state index in [-0.39, 0.29) is 17.9 Å². The van der Waals surface area contributed by atoms with Crippen molar-refractivity contribution >= 4 is 29.6 Å². The van der Waals surface area contributed by atoms with Gasteiger partial charge in [-0.1, -0.05) is 12.1 Å². The van der Waals surface area contributed by atoms with Crippen LogP contribution in [-0.4, -0.2) is 59.7 Å². The molecule has 1 N–H and O–H groups in total. The lowest BCUT2D eigenvalue weighted by Crippen LogP contribution is -2.50. The van der Waals surface area contributed by atoms with Gasteiger partial charge < -0.3 is 15.1 Å². The van der Waals surface area contributed by atoms with Crippen molar-refractivity contribution in [2.45, 2.75) is 13.0 Å². The molecule has 3 rings (SSSR count). The average Bonchev–Trinajstić information content (AvgIpc) is 3.12. The van der Waals surface area contributed by atoms with E-state index in [0.717, 1.165) is 12.0 Å². The van der Waals surface area contributed by atoms with Crippen LogP contribution in [0.4, 0.5) is 0 Å². The first-order chi connectivity index (χ1) is 12.5. The molecule has 2 heterocycles. The van der Waals surface area contributed by atoms with E-state index in [2.05, 4.69) is 10.3 Å². The molecule has 1 unspecified atom stereocenters. The minimum atomic E-state index is -0.312. The summed E-state index contributed by atoms with van der Waals surface area (Å²) in [4.78, 5) is 44.5. The molecular weight excluding hydrogens is 352 g/mol. The van der Waals surface area contributed by atoms with Crippen LogP contribution in [0.25, 0.3) is 0 Å². The van der Waals surface area contributed by atoms with Crippen LogP contribution in [0.1, 0.15) is 37.3 Å². The van der Waals surface area contributed by atoms with Crippen LogP contribution in [-0.2, 0) is 4.79 Å². The Balaban J connectivity index is 1.96. The Labute approximate surface area is 155 Å². The number of aryl methyl sites for hydroxylation is 1. The van der Waals surface area contributed by atoms with Gasteiger partial charge in [-0.2, -0.15) is 0 Å². The Kier molecular flexibility index (Phi) is 5.32. The highest BCUT2D eigenvalue weighted by atomic mass is 32.1. The second-order valence-corrected chi connectivity index (χ2v) is 6.94. The zero-order valence-electron chi connectivity index (χ0n) is 14.6. The number of piperazine rings is 1. The molecule has 1 aromatic heterocycles. The van der Waals surface area contributed by atoms with Crippen molar-refractivity contribution < 1.29 is 14.4 Å². The molecule has 8 heteroatoms. The number of nitrogens with one attached hydrogen (secondary N) is 1. The van der Waals surface area contributed by atoms with Gasteiger partial charge in [-0.15, -0.1) is 11.3 Å². The topological polar surface area (TPSA) is 82.6 Å². The summed E-state index contributed by atoms with van der Waals surface area (Å²) in [5, 5.41) is 2.60. The summed E-state index contributed by atoms with van der Waals surface area (Å²) in [5.74, 6) is -0.281. The Bertz CT molecular complexity index is 835. The molecule has 1 atom stereocenters. The highest BCUT2D eigenvalue weighted by molar-refractivity contribution is 7.11. The third-order valence-electron chi connectivity index (χ3n) is 4.52. The molecule has 1 saturated heterocycles. The number of amides is 3. The minimum Gasteiger partial charge on any atom is -0.355 e. The summed E-state index contributed by atoms with van der Waals surface area (Å²) in [5.41, 5.74) is 3.71. The highest BCUT2D eigenvalue weighted by Crippen LogP contribution is 2.29. The Hall–Kier alpha value is -2.74. The van der Waals surface area contributed by atoms with Gasteiger partial charge in [-0.25, -0.2) is 4.98 Å². The molecule has 26 heavy (non-hydrogen) atoms. The van der Waals surface area contributed by atoms with Crippen molar-refractivity contribution in [3.05, 3.63) is 51.5 Å². The van der Waals surface area contributed by atoms with Gasteiger partial charge in [-0.3, -0.25) is 14.4 Å². The molecular formula is C18H20N4O3S. The monoisotopic (exact) mass is 372 g/mol. The molecule has 136 valence electrons. The summed E-state index contributed by atoms with van der Waals surface area (Å²) in [7, 11) is 1.58. The molecule has 1 aliphatic rings. The number of hydrogen-bond donors (Lipinski definition) is 1. The molecule has 1 aliphatic heterocycles. The second-order valence-electron chi connectivity index (χ2n) is 6.09. The predicted molar refractivity (Wildman–Crippen MR) is 98.1 cm³/mol. The largest absolute Gasteiger partial charge is 0.355 e. The lowest BCUT2D eigenvalue weighted by Gasteiger charge is -2.40. The maximum atomic E-state index is 13.0. The maximum Gasteiger partial charge on any atom is 0.266 e. The highest BCUT2D eigenvalue weighted by Gasteiger charge is 2.33. The fraction of sp³-hybridized carbons (Fsp3) is 0.333. The summed E-state index contributed by atoms with van der Waals surface area (Å²) in [6, 6.07) is 6.86. The van der Waals surface area contributed by atoms with Crippen LogP contribution >= 0.6 is 11.3 Å². The fourth-order valence-corrected chi connectivity index (χ4v) is 3.85. The van der Waals surface area contributed by atoms with Crippen LogP contribution in [0.2, 0.25) is 0 Å². The van der Waals surface area contributed by atoms with E-state index >= 15 is 0 Å². The molecule has 0 saturated carbocycles. The van der Waals surface area contributed by atoms with E-state index in [4.69, 9.17) is 0 Å². The van der Waals surface area contributed by atoms with Crippen LogP contribution in [0.3, 0.4) is 0 Å². The first-order valence-corrected chi connectivity index (χ1v) is 9.15. The number of carbonyl (C=O) groups is 3.